The number of nitrogens with zero attached hydrogens (tertiary/aromatic N) is 1. The first-order valence-electron chi connectivity index (χ1n) is 6.72. The van der Waals surface area contributed by atoms with E-state index in [0.29, 0.717) is 5.92 Å². The van der Waals surface area contributed by atoms with Gasteiger partial charge in [-0.1, -0.05) is 26.0 Å². The molecule has 0 spiro atoms. The lowest BCUT2D eigenvalue weighted by Gasteiger charge is -2.08. The summed E-state index contributed by atoms with van der Waals surface area (Å²) in [5, 5.41) is 1.37. The normalized spacial score (nSPS) is 11.6. The molecule has 0 saturated carbocycles. The Kier molecular flexibility index (Phi) is 4.07. The van der Waals surface area contributed by atoms with E-state index in [0.717, 1.165) is 19.6 Å². The molecule has 0 aliphatic heterocycles. The highest BCUT2D eigenvalue weighted by molar-refractivity contribution is 5.84. The first kappa shape index (κ1) is 13.2. The van der Waals surface area contributed by atoms with E-state index in [4.69, 9.17) is 4.74 Å². The van der Waals surface area contributed by atoms with Crippen LogP contribution in [-0.4, -0.2) is 18.3 Å². The molecule has 2 aromatic rings. The van der Waals surface area contributed by atoms with Gasteiger partial charge in [-0.25, -0.2) is 0 Å². The molecule has 98 valence electrons. The van der Waals surface area contributed by atoms with Crippen LogP contribution in [0.3, 0.4) is 0 Å². The number of ether oxygens (including phenoxy) is 1. The van der Waals surface area contributed by atoms with E-state index in [2.05, 4.69) is 49.7 Å². The largest absolute Gasteiger partial charge is 0.385 e. The Labute approximate surface area is 110 Å². The molecule has 2 nitrogen and oxygen atoms in total. The summed E-state index contributed by atoms with van der Waals surface area (Å²) in [6.07, 6.45) is 3.32. The van der Waals surface area contributed by atoms with E-state index in [-0.39, 0.29) is 0 Å². The average molecular weight is 245 g/mol. The van der Waals surface area contributed by atoms with Crippen LogP contribution < -0.4 is 0 Å². The van der Waals surface area contributed by atoms with Crippen LogP contribution >= 0.6 is 0 Å². The van der Waals surface area contributed by atoms with Gasteiger partial charge in [0.1, 0.15) is 0 Å². The van der Waals surface area contributed by atoms with Crippen LogP contribution in [0.4, 0.5) is 0 Å². The molecular formula is C16H23NO. The molecule has 18 heavy (non-hydrogen) atoms. The number of fused-ring (bicyclic) bond motifs is 1. The molecule has 0 saturated heterocycles. The van der Waals surface area contributed by atoms with Crippen LogP contribution in [0.1, 0.15) is 37.3 Å². The minimum absolute atomic E-state index is 0.581. The zero-order valence-corrected chi connectivity index (χ0v) is 11.9. The number of methoxy groups -OCH3 is 1. The molecule has 1 aromatic heterocycles. The molecule has 1 aromatic carbocycles. The fraction of sp³-hybridized carbons (Fsp3) is 0.500. The Morgan fingerprint density at radius 3 is 2.72 bits per heavy atom. The molecule has 0 fully saturated rings. The van der Waals surface area contributed by atoms with Crippen molar-refractivity contribution >= 4 is 10.9 Å². The van der Waals surface area contributed by atoms with Crippen molar-refractivity contribution in [1.82, 2.24) is 4.57 Å². The highest BCUT2D eigenvalue weighted by Crippen LogP contribution is 2.25. The SMILES string of the molecule is COCCCn1cc(C)c2ccc(C(C)C)cc21. The van der Waals surface area contributed by atoms with Gasteiger partial charge in [-0.05, 0) is 36.5 Å². The lowest BCUT2D eigenvalue weighted by atomic mass is 10.0. The summed E-state index contributed by atoms with van der Waals surface area (Å²) in [6, 6.07) is 6.84. The summed E-state index contributed by atoms with van der Waals surface area (Å²) in [7, 11) is 1.76. The Morgan fingerprint density at radius 1 is 1.28 bits per heavy atom. The van der Waals surface area contributed by atoms with Crippen molar-refractivity contribution in [2.75, 3.05) is 13.7 Å². The van der Waals surface area contributed by atoms with Gasteiger partial charge < -0.3 is 9.30 Å². The maximum absolute atomic E-state index is 5.13. The number of hydrogen-bond donors (Lipinski definition) is 0. The smallest absolute Gasteiger partial charge is 0.0485 e. The second-order valence-corrected chi connectivity index (χ2v) is 5.28. The molecule has 0 bridgehead atoms. The molecule has 0 amide bonds. The summed E-state index contributed by atoms with van der Waals surface area (Å²) < 4.78 is 7.49. The van der Waals surface area contributed by atoms with Crippen molar-refractivity contribution < 1.29 is 4.74 Å². The topological polar surface area (TPSA) is 14.2 Å². The maximum atomic E-state index is 5.13. The van der Waals surface area contributed by atoms with E-state index < -0.39 is 0 Å². The maximum Gasteiger partial charge on any atom is 0.0485 e. The van der Waals surface area contributed by atoms with Gasteiger partial charge in [-0.2, -0.15) is 0 Å². The number of hydrogen-bond acceptors (Lipinski definition) is 1. The lowest BCUT2D eigenvalue weighted by Crippen LogP contribution is -2.00. The lowest BCUT2D eigenvalue weighted by molar-refractivity contribution is 0.190. The van der Waals surface area contributed by atoms with E-state index in [9.17, 15) is 0 Å². The zero-order chi connectivity index (χ0) is 13.1. The third-order valence-corrected chi connectivity index (χ3v) is 3.52. The zero-order valence-electron chi connectivity index (χ0n) is 11.9. The molecule has 2 rings (SSSR count). The summed E-state index contributed by atoms with van der Waals surface area (Å²) in [5.41, 5.74) is 4.13. The first-order chi connectivity index (χ1) is 8.63. The molecular weight excluding hydrogens is 222 g/mol. The second-order valence-electron chi connectivity index (χ2n) is 5.28. The Bertz CT molecular complexity index is 525. The highest BCUT2D eigenvalue weighted by atomic mass is 16.5. The minimum atomic E-state index is 0.581. The predicted molar refractivity (Wildman–Crippen MR) is 77.3 cm³/mol. The van der Waals surface area contributed by atoms with Gasteiger partial charge in [0.05, 0.1) is 0 Å². The number of aryl methyl sites for hydroxylation is 2. The van der Waals surface area contributed by atoms with Crippen molar-refractivity contribution in [3.8, 4) is 0 Å². The van der Waals surface area contributed by atoms with Crippen LogP contribution in [0.15, 0.2) is 24.4 Å². The minimum Gasteiger partial charge on any atom is -0.385 e. The van der Waals surface area contributed by atoms with Gasteiger partial charge in [-0.3, -0.25) is 0 Å². The highest BCUT2D eigenvalue weighted by Gasteiger charge is 2.07. The van der Waals surface area contributed by atoms with Crippen LogP contribution in [0.25, 0.3) is 10.9 Å². The van der Waals surface area contributed by atoms with Crippen molar-refractivity contribution in [2.45, 2.75) is 39.7 Å². The Balaban J connectivity index is 2.36. The third kappa shape index (κ3) is 2.59. The van der Waals surface area contributed by atoms with Crippen molar-refractivity contribution in [3.05, 3.63) is 35.5 Å². The van der Waals surface area contributed by atoms with Crippen molar-refractivity contribution in [1.29, 1.82) is 0 Å². The Hall–Kier alpha value is -1.28. The average Bonchev–Trinajstić information content (AvgIpc) is 2.66. The van der Waals surface area contributed by atoms with Gasteiger partial charge in [-0.15, -0.1) is 0 Å². The number of rotatable bonds is 5. The van der Waals surface area contributed by atoms with Crippen LogP contribution in [0, 0.1) is 6.92 Å². The van der Waals surface area contributed by atoms with Gasteiger partial charge in [0, 0.05) is 37.4 Å². The molecule has 0 aliphatic carbocycles. The first-order valence-corrected chi connectivity index (χ1v) is 6.72. The van der Waals surface area contributed by atoms with E-state index >= 15 is 0 Å². The fourth-order valence-corrected chi connectivity index (χ4v) is 2.42. The van der Waals surface area contributed by atoms with Gasteiger partial charge >= 0.3 is 0 Å². The number of aromatic nitrogens is 1. The molecule has 0 aliphatic rings. The Morgan fingerprint density at radius 2 is 2.06 bits per heavy atom. The molecule has 0 unspecified atom stereocenters. The van der Waals surface area contributed by atoms with E-state index in [1.165, 1.54) is 22.0 Å². The summed E-state index contributed by atoms with van der Waals surface area (Å²) >= 11 is 0. The molecule has 0 atom stereocenters. The summed E-state index contributed by atoms with van der Waals surface area (Å²) in [4.78, 5) is 0. The van der Waals surface area contributed by atoms with Crippen LogP contribution in [0.5, 0.6) is 0 Å². The van der Waals surface area contributed by atoms with Crippen molar-refractivity contribution in [2.24, 2.45) is 0 Å². The monoisotopic (exact) mass is 245 g/mol. The van der Waals surface area contributed by atoms with Crippen molar-refractivity contribution in [3.63, 3.8) is 0 Å². The van der Waals surface area contributed by atoms with Crippen LogP contribution in [-0.2, 0) is 11.3 Å². The van der Waals surface area contributed by atoms with Crippen LogP contribution in [0.2, 0.25) is 0 Å². The van der Waals surface area contributed by atoms with Gasteiger partial charge in [0.15, 0.2) is 0 Å². The standard InChI is InChI=1S/C16H23NO/c1-12(2)14-6-7-15-13(3)11-17(16(15)10-14)8-5-9-18-4/h6-7,10-12H,5,8-9H2,1-4H3. The molecule has 0 radical (unpaired) electrons. The fourth-order valence-electron chi connectivity index (χ4n) is 2.42. The summed E-state index contributed by atoms with van der Waals surface area (Å²) in [5.74, 6) is 0.581. The van der Waals surface area contributed by atoms with Gasteiger partial charge in [0.25, 0.3) is 0 Å². The van der Waals surface area contributed by atoms with Gasteiger partial charge in [0.2, 0.25) is 0 Å². The van der Waals surface area contributed by atoms with E-state index in [1.807, 2.05) is 0 Å². The molecule has 1 heterocycles. The van der Waals surface area contributed by atoms with E-state index in [1.54, 1.807) is 7.11 Å². The third-order valence-electron chi connectivity index (χ3n) is 3.52. The second kappa shape index (κ2) is 5.57. The summed E-state index contributed by atoms with van der Waals surface area (Å²) in [6.45, 7) is 8.52. The quantitative estimate of drug-likeness (QED) is 0.723. The molecule has 2 heteroatoms. The molecule has 0 N–H and O–H groups in total. The number of benzene rings is 1. The predicted octanol–water partition coefficient (Wildman–Crippen LogP) is 4.11.